The molecule has 10 heteroatoms. The number of hydrogen-bond donors (Lipinski definition) is 3. The van der Waals surface area contributed by atoms with Crippen LogP contribution in [0.3, 0.4) is 0 Å². The van der Waals surface area contributed by atoms with Crippen molar-refractivity contribution in [3.05, 3.63) is 0 Å². The van der Waals surface area contributed by atoms with Crippen LogP contribution >= 0.6 is 11.8 Å². The van der Waals surface area contributed by atoms with Crippen LogP contribution in [0, 0.1) is 0 Å². The number of likely N-dealkylation sites (N-methyl/N-ethyl adjacent to an activating group) is 1. The zero-order chi connectivity index (χ0) is 26.0. The third kappa shape index (κ3) is 19.6. The zero-order valence-corrected chi connectivity index (χ0v) is 22.8. The van der Waals surface area contributed by atoms with E-state index in [-0.39, 0.29) is 24.9 Å². The molecule has 0 radical (unpaired) electrons. The molecular weight excluding hydrogens is 456 g/mol. The van der Waals surface area contributed by atoms with E-state index in [1.807, 2.05) is 11.8 Å². The van der Waals surface area contributed by atoms with Crippen molar-refractivity contribution < 1.29 is 23.9 Å². The molecule has 3 amide bonds. The van der Waals surface area contributed by atoms with Gasteiger partial charge in [0.05, 0.1) is 6.54 Å². The highest BCUT2D eigenvalue weighted by Crippen LogP contribution is 2.08. The van der Waals surface area contributed by atoms with Crippen LogP contribution in [0.15, 0.2) is 0 Å². The molecule has 9 nitrogen and oxygen atoms in total. The first-order chi connectivity index (χ1) is 15.9. The molecule has 0 aliphatic heterocycles. The number of carbonyl (C=O) groups excluding carboxylic acids is 4. The lowest BCUT2D eigenvalue weighted by Crippen LogP contribution is -2.50. The number of carbonyl (C=O) groups is 4. The SMILES string of the molecule is CCCCCSCCC(=O)NCCCCC(NC(=O)CN(C)C)C(=O)NCC(=O)OC(C)(C)C. The van der Waals surface area contributed by atoms with Crippen molar-refractivity contribution in [2.24, 2.45) is 0 Å². The molecule has 0 saturated heterocycles. The minimum atomic E-state index is -0.759. The van der Waals surface area contributed by atoms with Crippen molar-refractivity contribution in [3.63, 3.8) is 0 Å². The summed E-state index contributed by atoms with van der Waals surface area (Å²) < 4.78 is 5.20. The van der Waals surface area contributed by atoms with Gasteiger partial charge in [0.15, 0.2) is 0 Å². The molecule has 1 unspecified atom stereocenters. The lowest BCUT2D eigenvalue weighted by molar-refractivity contribution is -0.154. The molecule has 0 aromatic carbocycles. The van der Waals surface area contributed by atoms with Gasteiger partial charge in [-0.05, 0) is 66.3 Å². The lowest BCUT2D eigenvalue weighted by atomic mass is 10.1. The van der Waals surface area contributed by atoms with E-state index in [0.717, 1.165) is 11.5 Å². The Hall–Kier alpha value is -1.81. The van der Waals surface area contributed by atoms with Crippen LogP contribution in [0.1, 0.15) is 72.6 Å². The third-order valence-electron chi connectivity index (χ3n) is 4.55. The number of nitrogens with one attached hydrogen (secondary N) is 3. The maximum atomic E-state index is 12.6. The minimum Gasteiger partial charge on any atom is -0.459 e. The Morgan fingerprint density at radius 2 is 1.65 bits per heavy atom. The number of rotatable bonds is 18. The summed E-state index contributed by atoms with van der Waals surface area (Å²) in [6.45, 7) is 7.85. The van der Waals surface area contributed by atoms with Crippen LogP contribution in [0.5, 0.6) is 0 Å². The maximum absolute atomic E-state index is 12.6. The van der Waals surface area contributed by atoms with Crippen LogP contribution < -0.4 is 16.0 Å². The monoisotopic (exact) mass is 502 g/mol. The number of hydrogen-bond acceptors (Lipinski definition) is 7. The largest absolute Gasteiger partial charge is 0.459 e. The summed E-state index contributed by atoms with van der Waals surface area (Å²) in [5.74, 6) is 0.722. The van der Waals surface area contributed by atoms with Crippen molar-refractivity contribution in [2.75, 3.05) is 45.2 Å². The summed E-state index contributed by atoms with van der Waals surface area (Å²) in [6.07, 6.45) is 5.87. The van der Waals surface area contributed by atoms with E-state index >= 15 is 0 Å². The van der Waals surface area contributed by atoms with Crippen molar-refractivity contribution in [1.29, 1.82) is 0 Å². The Kier molecular flexibility index (Phi) is 17.5. The van der Waals surface area contributed by atoms with Crippen LogP contribution in [-0.4, -0.2) is 85.5 Å². The Balaban J connectivity index is 4.39. The van der Waals surface area contributed by atoms with Gasteiger partial charge in [-0.25, -0.2) is 0 Å². The molecule has 0 aromatic heterocycles. The lowest BCUT2D eigenvalue weighted by Gasteiger charge is -2.21. The zero-order valence-electron chi connectivity index (χ0n) is 22.0. The molecule has 3 N–H and O–H groups in total. The first kappa shape index (κ1) is 32.2. The Morgan fingerprint density at radius 3 is 2.26 bits per heavy atom. The van der Waals surface area contributed by atoms with Gasteiger partial charge in [-0.15, -0.1) is 0 Å². The van der Waals surface area contributed by atoms with Gasteiger partial charge in [-0.3, -0.25) is 19.2 Å². The van der Waals surface area contributed by atoms with Gasteiger partial charge in [0.1, 0.15) is 18.2 Å². The molecule has 0 aliphatic rings. The number of esters is 1. The van der Waals surface area contributed by atoms with E-state index in [9.17, 15) is 19.2 Å². The van der Waals surface area contributed by atoms with Gasteiger partial charge in [-0.1, -0.05) is 19.8 Å². The summed E-state index contributed by atoms with van der Waals surface area (Å²) >= 11 is 1.81. The fourth-order valence-corrected chi connectivity index (χ4v) is 3.91. The number of thioether (sulfide) groups is 1. The molecule has 34 heavy (non-hydrogen) atoms. The van der Waals surface area contributed by atoms with Crippen LogP contribution in [0.4, 0.5) is 0 Å². The third-order valence-corrected chi connectivity index (χ3v) is 5.62. The molecule has 1 atom stereocenters. The maximum Gasteiger partial charge on any atom is 0.325 e. The molecule has 0 spiro atoms. The quantitative estimate of drug-likeness (QED) is 0.194. The number of amides is 3. The van der Waals surface area contributed by atoms with Gasteiger partial charge in [0.25, 0.3) is 0 Å². The number of ether oxygens (including phenoxy) is 1. The van der Waals surface area contributed by atoms with Crippen molar-refractivity contribution >= 4 is 35.5 Å². The Labute approximate surface area is 209 Å². The van der Waals surface area contributed by atoms with Gasteiger partial charge >= 0.3 is 5.97 Å². The van der Waals surface area contributed by atoms with Crippen molar-refractivity contribution in [1.82, 2.24) is 20.9 Å². The van der Waals surface area contributed by atoms with E-state index in [2.05, 4.69) is 22.9 Å². The molecule has 198 valence electrons. The Morgan fingerprint density at radius 1 is 0.941 bits per heavy atom. The summed E-state index contributed by atoms with van der Waals surface area (Å²) in [7, 11) is 3.53. The molecule has 0 bridgehead atoms. The number of nitrogens with zero attached hydrogens (tertiary/aromatic N) is 1. The highest BCUT2D eigenvalue weighted by atomic mass is 32.2. The van der Waals surface area contributed by atoms with E-state index in [1.54, 1.807) is 39.8 Å². The summed E-state index contributed by atoms with van der Waals surface area (Å²) in [5, 5.41) is 8.19. The highest BCUT2D eigenvalue weighted by molar-refractivity contribution is 7.99. The molecule has 0 fully saturated rings. The van der Waals surface area contributed by atoms with Gasteiger partial charge in [0, 0.05) is 18.7 Å². The van der Waals surface area contributed by atoms with Gasteiger partial charge in [0.2, 0.25) is 17.7 Å². The fraction of sp³-hybridized carbons (Fsp3) is 0.833. The van der Waals surface area contributed by atoms with Crippen LogP contribution in [0.25, 0.3) is 0 Å². The summed E-state index contributed by atoms with van der Waals surface area (Å²) in [4.78, 5) is 50.3. The summed E-state index contributed by atoms with van der Waals surface area (Å²) in [6, 6.07) is -0.759. The standard InChI is InChI=1S/C24H46N4O5S/c1-7-8-11-15-34-16-13-20(29)25-14-10-9-12-19(27-21(30)18-28(5)6)23(32)26-17-22(31)33-24(2,3)4/h19H,7-18H2,1-6H3,(H,25,29)(H,26,32)(H,27,30). The molecular formula is C24H46N4O5S. The summed E-state index contributed by atoms with van der Waals surface area (Å²) in [5.41, 5.74) is -0.640. The minimum absolute atomic E-state index is 0.0360. The first-order valence-corrected chi connectivity index (χ1v) is 13.4. The van der Waals surface area contributed by atoms with Crippen LogP contribution in [-0.2, 0) is 23.9 Å². The average Bonchev–Trinajstić information content (AvgIpc) is 2.71. The van der Waals surface area contributed by atoms with E-state index in [4.69, 9.17) is 4.74 Å². The van der Waals surface area contributed by atoms with Crippen LogP contribution in [0.2, 0.25) is 0 Å². The Bertz CT molecular complexity index is 623. The second-order valence-electron chi connectivity index (χ2n) is 9.58. The molecule has 0 aromatic rings. The van der Waals surface area contributed by atoms with Gasteiger partial charge in [-0.2, -0.15) is 11.8 Å². The van der Waals surface area contributed by atoms with E-state index < -0.39 is 23.5 Å². The molecule has 0 saturated carbocycles. The first-order valence-electron chi connectivity index (χ1n) is 12.2. The van der Waals surface area contributed by atoms with E-state index in [0.29, 0.717) is 32.2 Å². The normalized spacial score (nSPS) is 12.2. The van der Waals surface area contributed by atoms with E-state index in [1.165, 1.54) is 19.3 Å². The number of unbranched alkanes of at least 4 members (excludes halogenated alkanes) is 3. The smallest absolute Gasteiger partial charge is 0.325 e. The fourth-order valence-electron chi connectivity index (χ4n) is 2.97. The molecule has 0 rings (SSSR count). The topological polar surface area (TPSA) is 117 Å². The van der Waals surface area contributed by atoms with Crippen molar-refractivity contribution in [3.8, 4) is 0 Å². The molecule has 0 heterocycles. The average molecular weight is 503 g/mol. The predicted molar refractivity (Wildman–Crippen MR) is 138 cm³/mol. The predicted octanol–water partition coefficient (Wildman–Crippen LogP) is 2.09. The second-order valence-corrected chi connectivity index (χ2v) is 10.8. The highest BCUT2D eigenvalue weighted by Gasteiger charge is 2.22. The van der Waals surface area contributed by atoms with Gasteiger partial charge < -0.3 is 25.6 Å². The molecule has 0 aliphatic carbocycles. The second kappa shape index (κ2) is 18.5. The van der Waals surface area contributed by atoms with Crippen molar-refractivity contribution in [2.45, 2.75) is 84.3 Å².